The zero-order chi connectivity index (χ0) is 14.3. The van der Waals surface area contributed by atoms with E-state index in [2.05, 4.69) is 5.32 Å². The van der Waals surface area contributed by atoms with Crippen LogP contribution in [0.15, 0.2) is 18.2 Å². The lowest BCUT2D eigenvalue weighted by Crippen LogP contribution is -2.35. The molecule has 0 aliphatic carbocycles. The van der Waals surface area contributed by atoms with Crippen molar-refractivity contribution in [2.45, 2.75) is 20.1 Å². The first-order valence-electron chi connectivity index (χ1n) is 6.08. The lowest BCUT2D eigenvalue weighted by molar-refractivity contribution is -0.131. The van der Waals surface area contributed by atoms with Crippen molar-refractivity contribution in [2.24, 2.45) is 0 Å². The summed E-state index contributed by atoms with van der Waals surface area (Å²) < 4.78 is 11.4. The highest BCUT2D eigenvalue weighted by Gasteiger charge is 2.12. The Bertz CT molecular complexity index is 419. The topological polar surface area (TPSA) is 67.8 Å². The van der Waals surface area contributed by atoms with Gasteiger partial charge in [0.15, 0.2) is 6.29 Å². The number of amides is 1. The molecule has 0 spiro atoms. The highest BCUT2D eigenvalue weighted by Crippen LogP contribution is 2.20. The van der Waals surface area contributed by atoms with Crippen LogP contribution in [0.2, 0.25) is 0 Å². The van der Waals surface area contributed by atoms with E-state index in [1.165, 1.54) is 6.07 Å². The fourth-order valence-corrected chi connectivity index (χ4v) is 1.81. The standard InChI is InChI=1S/C13H18INO4/c1-3-18-12(19-4-2)8-15-13(17)9-5-6-10(14)11(16)7-9/h5-7,12,16H,3-4,8H2,1-2H3,(H,15,17). The smallest absolute Gasteiger partial charge is 0.251 e. The van der Waals surface area contributed by atoms with Crippen molar-refractivity contribution in [1.82, 2.24) is 5.32 Å². The predicted molar refractivity (Wildman–Crippen MR) is 80.2 cm³/mol. The van der Waals surface area contributed by atoms with Crippen molar-refractivity contribution in [1.29, 1.82) is 0 Å². The van der Waals surface area contributed by atoms with E-state index in [-0.39, 0.29) is 18.2 Å². The first-order chi connectivity index (χ1) is 9.08. The third-order valence-corrected chi connectivity index (χ3v) is 3.25. The van der Waals surface area contributed by atoms with E-state index in [1.807, 2.05) is 36.4 Å². The van der Waals surface area contributed by atoms with Gasteiger partial charge in [0, 0.05) is 18.8 Å². The molecule has 5 nitrogen and oxygen atoms in total. The van der Waals surface area contributed by atoms with Gasteiger partial charge < -0.3 is 19.9 Å². The Morgan fingerprint density at radius 2 is 2.00 bits per heavy atom. The third-order valence-electron chi connectivity index (χ3n) is 2.34. The predicted octanol–water partition coefficient (Wildman–Crippen LogP) is 2.13. The highest BCUT2D eigenvalue weighted by molar-refractivity contribution is 14.1. The van der Waals surface area contributed by atoms with Crippen LogP contribution < -0.4 is 5.32 Å². The molecule has 1 amide bonds. The van der Waals surface area contributed by atoms with E-state index in [4.69, 9.17) is 9.47 Å². The maximum atomic E-state index is 11.9. The number of carbonyl (C=O) groups excluding carboxylic acids is 1. The SMILES string of the molecule is CCOC(CNC(=O)c1ccc(I)c(O)c1)OCC. The second-order valence-corrected chi connectivity index (χ2v) is 4.88. The molecule has 0 bridgehead atoms. The number of phenolic OH excluding ortho intramolecular Hbond substituents is 1. The lowest BCUT2D eigenvalue weighted by Gasteiger charge is -2.17. The summed E-state index contributed by atoms with van der Waals surface area (Å²) in [6.07, 6.45) is -0.448. The number of phenols is 1. The summed E-state index contributed by atoms with van der Waals surface area (Å²) in [6.45, 7) is 5.04. The molecule has 19 heavy (non-hydrogen) atoms. The molecule has 0 atom stereocenters. The number of hydrogen-bond donors (Lipinski definition) is 2. The van der Waals surface area contributed by atoms with Gasteiger partial charge in [0.05, 0.1) is 10.1 Å². The Morgan fingerprint density at radius 1 is 1.37 bits per heavy atom. The third kappa shape index (κ3) is 5.33. The molecule has 0 unspecified atom stereocenters. The van der Waals surface area contributed by atoms with Crippen LogP contribution in [0.4, 0.5) is 0 Å². The number of hydrogen-bond acceptors (Lipinski definition) is 4. The first kappa shape index (κ1) is 16.2. The molecule has 0 saturated carbocycles. The number of aromatic hydroxyl groups is 1. The van der Waals surface area contributed by atoms with Crippen LogP contribution in [-0.4, -0.2) is 37.1 Å². The molecular weight excluding hydrogens is 361 g/mol. The maximum absolute atomic E-state index is 11.9. The van der Waals surface area contributed by atoms with E-state index < -0.39 is 6.29 Å². The van der Waals surface area contributed by atoms with Gasteiger partial charge in [-0.2, -0.15) is 0 Å². The zero-order valence-electron chi connectivity index (χ0n) is 11.0. The van der Waals surface area contributed by atoms with Crippen molar-refractivity contribution in [3.05, 3.63) is 27.3 Å². The van der Waals surface area contributed by atoms with Crippen LogP contribution in [-0.2, 0) is 9.47 Å². The largest absolute Gasteiger partial charge is 0.507 e. The summed E-state index contributed by atoms with van der Waals surface area (Å²) in [5.74, 6) is -0.171. The first-order valence-corrected chi connectivity index (χ1v) is 7.16. The van der Waals surface area contributed by atoms with E-state index in [9.17, 15) is 9.90 Å². The molecule has 6 heteroatoms. The van der Waals surface area contributed by atoms with E-state index >= 15 is 0 Å². The lowest BCUT2D eigenvalue weighted by atomic mass is 10.2. The number of rotatable bonds is 7. The van der Waals surface area contributed by atoms with Crippen molar-refractivity contribution < 1.29 is 19.4 Å². The molecule has 106 valence electrons. The molecular formula is C13H18INO4. The number of carbonyl (C=O) groups is 1. The second-order valence-electron chi connectivity index (χ2n) is 3.72. The zero-order valence-corrected chi connectivity index (χ0v) is 13.1. The van der Waals surface area contributed by atoms with E-state index in [1.54, 1.807) is 12.1 Å². The maximum Gasteiger partial charge on any atom is 0.251 e. The summed E-state index contributed by atoms with van der Waals surface area (Å²) in [7, 11) is 0. The van der Waals surface area contributed by atoms with Gasteiger partial charge in [0.25, 0.3) is 5.91 Å². The summed E-state index contributed by atoms with van der Waals surface area (Å²) in [4.78, 5) is 11.9. The summed E-state index contributed by atoms with van der Waals surface area (Å²) in [5, 5.41) is 12.3. The van der Waals surface area contributed by atoms with Gasteiger partial charge in [-0.1, -0.05) is 0 Å². The number of halogens is 1. The van der Waals surface area contributed by atoms with Crippen molar-refractivity contribution in [3.63, 3.8) is 0 Å². The average molecular weight is 379 g/mol. The molecule has 0 fully saturated rings. The molecule has 0 aliphatic rings. The Morgan fingerprint density at radius 3 is 2.53 bits per heavy atom. The summed E-state index contributed by atoms with van der Waals surface area (Å²) in [6, 6.07) is 4.79. The van der Waals surface area contributed by atoms with Gasteiger partial charge >= 0.3 is 0 Å². The molecule has 2 N–H and O–H groups in total. The Hall–Kier alpha value is -0.860. The number of ether oxygens (including phenoxy) is 2. The highest BCUT2D eigenvalue weighted by atomic mass is 127. The van der Waals surface area contributed by atoms with Crippen LogP contribution in [0.25, 0.3) is 0 Å². The van der Waals surface area contributed by atoms with Gasteiger partial charge in [0.1, 0.15) is 5.75 Å². The molecule has 0 heterocycles. The Labute approximate surface area is 126 Å². The van der Waals surface area contributed by atoms with Crippen LogP contribution >= 0.6 is 22.6 Å². The number of nitrogens with one attached hydrogen (secondary N) is 1. The van der Waals surface area contributed by atoms with Gasteiger partial charge in [-0.3, -0.25) is 4.79 Å². The van der Waals surface area contributed by atoms with Gasteiger partial charge in [-0.15, -0.1) is 0 Å². The monoisotopic (exact) mass is 379 g/mol. The van der Waals surface area contributed by atoms with Gasteiger partial charge in [-0.05, 0) is 54.6 Å². The van der Waals surface area contributed by atoms with Crippen LogP contribution in [0.3, 0.4) is 0 Å². The Balaban J connectivity index is 2.56. The average Bonchev–Trinajstić information content (AvgIpc) is 2.39. The van der Waals surface area contributed by atoms with Gasteiger partial charge in [0.2, 0.25) is 0 Å². The van der Waals surface area contributed by atoms with Crippen LogP contribution in [0.1, 0.15) is 24.2 Å². The summed E-state index contributed by atoms with van der Waals surface area (Å²) in [5.41, 5.74) is 0.407. The quantitative estimate of drug-likeness (QED) is 0.563. The second kappa shape index (κ2) is 8.34. The molecule has 1 rings (SSSR count). The molecule has 0 radical (unpaired) electrons. The van der Waals surface area contributed by atoms with Crippen molar-refractivity contribution >= 4 is 28.5 Å². The van der Waals surface area contributed by atoms with E-state index in [0.717, 1.165) is 0 Å². The van der Waals surface area contributed by atoms with Crippen LogP contribution in [0.5, 0.6) is 5.75 Å². The normalized spacial score (nSPS) is 10.7. The van der Waals surface area contributed by atoms with Crippen molar-refractivity contribution in [3.8, 4) is 5.75 Å². The molecule has 1 aromatic rings. The number of benzene rings is 1. The fraction of sp³-hybridized carbons (Fsp3) is 0.462. The minimum Gasteiger partial charge on any atom is -0.507 e. The molecule has 0 aliphatic heterocycles. The Kier molecular flexibility index (Phi) is 7.11. The van der Waals surface area contributed by atoms with E-state index in [0.29, 0.717) is 22.3 Å². The minimum absolute atomic E-state index is 0.0967. The van der Waals surface area contributed by atoms with Gasteiger partial charge in [-0.25, -0.2) is 0 Å². The van der Waals surface area contributed by atoms with Crippen LogP contribution in [0, 0.1) is 3.57 Å². The molecule has 0 saturated heterocycles. The van der Waals surface area contributed by atoms with Crippen molar-refractivity contribution in [2.75, 3.05) is 19.8 Å². The molecule has 0 aromatic heterocycles. The molecule has 1 aromatic carbocycles. The minimum atomic E-state index is -0.448. The summed E-state index contributed by atoms with van der Waals surface area (Å²) >= 11 is 2.00. The fourth-order valence-electron chi connectivity index (χ4n) is 1.47.